The smallest absolute Gasteiger partial charge is 0.305 e. The van der Waals surface area contributed by atoms with Crippen molar-refractivity contribution in [2.45, 2.75) is 52.6 Å². The molecule has 1 saturated heterocycles. The Kier molecular flexibility index (Phi) is 4.11. The van der Waals surface area contributed by atoms with Gasteiger partial charge < -0.3 is 10.0 Å². The number of hydrogen-bond acceptors (Lipinski definition) is 3. The van der Waals surface area contributed by atoms with Crippen LogP contribution in [0.3, 0.4) is 0 Å². The van der Waals surface area contributed by atoms with E-state index >= 15 is 0 Å². The van der Waals surface area contributed by atoms with E-state index in [4.69, 9.17) is 5.11 Å². The van der Waals surface area contributed by atoms with Crippen LogP contribution in [-0.2, 0) is 11.3 Å². The van der Waals surface area contributed by atoms with Crippen LogP contribution >= 0.6 is 0 Å². The number of carbonyl (C=O) groups is 2. The molecular formula is C14H21N3O3. The van der Waals surface area contributed by atoms with Crippen LogP contribution < -0.4 is 0 Å². The summed E-state index contributed by atoms with van der Waals surface area (Å²) in [5.74, 6) is -0.934. The molecule has 1 fully saturated rings. The first-order valence-electron chi connectivity index (χ1n) is 7.02. The van der Waals surface area contributed by atoms with Crippen LogP contribution in [0.4, 0.5) is 0 Å². The molecule has 0 bridgehead atoms. The van der Waals surface area contributed by atoms with Gasteiger partial charge in [-0.25, -0.2) is 0 Å². The number of rotatable bonds is 4. The van der Waals surface area contributed by atoms with Crippen molar-refractivity contribution in [1.82, 2.24) is 14.7 Å². The molecule has 20 heavy (non-hydrogen) atoms. The quantitative estimate of drug-likeness (QED) is 0.908. The molecule has 1 atom stereocenters. The largest absolute Gasteiger partial charge is 0.481 e. The van der Waals surface area contributed by atoms with E-state index in [1.807, 2.05) is 25.5 Å². The maximum absolute atomic E-state index is 12.7. The second kappa shape index (κ2) is 5.64. The first kappa shape index (κ1) is 14.6. The second-order valence-electron chi connectivity index (χ2n) is 5.25. The molecule has 0 aliphatic carbocycles. The number of aryl methyl sites for hydroxylation is 2. The minimum Gasteiger partial charge on any atom is -0.481 e. The zero-order valence-electron chi connectivity index (χ0n) is 12.2. The molecule has 1 amide bonds. The van der Waals surface area contributed by atoms with Crippen LogP contribution in [-0.4, -0.2) is 44.3 Å². The molecule has 1 aliphatic rings. The predicted octanol–water partition coefficient (Wildman–Crippen LogP) is 1.60. The lowest BCUT2D eigenvalue weighted by atomic mass is 10.1. The zero-order chi connectivity index (χ0) is 14.9. The normalized spacial score (nSPS) is 18.6. The molecule has 0 aromatic carbocycles. The number of carboxylic acids is 1. The maximum Gasteiger partial charge on any atom is 0.305 e. The van der Waals surface area contributed by atoms with Crippen molar-refractivity contribution in [3.63, 3.8) is 0 Å². The number of amides is 1. The van der Waals surface area contributed by atoms with Gasteiger partial charge in [-0.15, -0.1) is 0 Å². The minimum atomic E-state index is -0.854. The fourth-order valence-electron chi connectivity index (χ4n) is 2.97. The predicted molar refractivity (Wildman–Crippen MR) is 73.7 cm³/mol. The summed E-state index contributed by atoms with van der Waals surface area (Å²) in [5.41, 5.74) is 2.20. The van der Waals surface area contributed by atoms with Gasteiger partial charge in [0, 0.05) is 24.8 Å². The maximum atomic E-state index is 12.7. The summed E-state index contributed by atoms with van der Waals surface area (Å²) in [6.07, 6.45) is 1.65. The van der Waals surface area contributed by atoms with E-state index in [1.165, 1.54) is 0 Å². The van der Waals surface area contributed by atoms with Crippen molar-refractivity contribution in [1.29, 1.82) is 0 Å². The third-order valence-corrected chi connectivity index (χ3v) is 3.94. The Morgan fingerprint density at radius 2 is 2.10 bits per heavy atom. The molecule has 0 saturated carbocycles. The second-order valence-corrected chi connectivity index (χ2v) is 5.25. The van der Waals surface area contributed by atoms with Gasteiger partial charge >= 0.3 is 5.97 Å². The Hall–Kier alpha value is -1.85. The lowest BCUT2D eigenvalue weighted by Gasteiger charge is -2.23. The van der Waals surface area contributed by atoms with Gasteiger partial charge in [0.15, 0.2) is 0 Å². The summed E-state index contributed by atoms with van der Waals surface area (Å²) in [4.78, 5) is 25.3. The van der Waals surface area contributed by atoms with Crippen molar-refractivity contribution in [2.75, 3.05) is 6.54 Å². The average Bonchev–Trinajstić information content (AvgIpc) is 2.93. The van der Waals surface area contributed by atoms with Crippen LogP contribution in [0.15, 0.2) is 0 Å². The molecule has 2 heterocycles. The van der Waals surface area contributed by atoms with E-state index in [0.717, 1.165) is 30.8 Å². The Balaban J connectivity index is 2.27. The number of likely N-dealkylation sites (tertiary alicyclic amines) is 1. The molecule has 1 aromatic rings. The first-order chi connectivity index (χ1) is 9.45. The lowest BCUT2D eigenvalue weighted by Crippen LogP contribution is -2.37. The summed E-state index contributed by atoms with van der Waals surface area (Å²) in [6, 6.07) is -0.191. The molecule has 2 rings (SSSR count). The van der Waals surface area contributed by atoms with Crippen molar-refractivity contribution in [3.8, 4) is 0 Å². The fourth-order valence-corrected chi connectivity index (χ4v) is 2.97. The number of carbonyl (C=O) groups excluding carboxylic acids is 1. The molecule has 1 unspecified atom stereocenters. The SMILES string of the molecule is CCn1nc(C)c(C(=O)N2CCCC2CC(=O)O)c1C. The highest BCUT2D eigenvalue weighted by Gasteiger charge is 2.33. The standard InChI is InChI=1S/C14H21N3O3/c1-4-17-10(3)13(9(2)15-17)14(20)16-7-5-6-11(16)8-12(18)19/h11H,4-8H2,1-3H3,(H,18,19). The molecule has 6 nitrogen and oxygen atoms in total. The summed E-state index contributed by atoms with van der Waals surface area (Å²) < 4.78 is 1.81. The molecule has 1 N–H and O–H groups in total. The van der Waals surface area contributed by atoms with Gasteiger partial charge in [-0.3, -0.25) is 14.3 Å². The Bertz CT molecular complexity index is 536. The van der Waals surface area contributed by atoms with Crippen molar-refractivity contribution < 1.29 is 14.7 Å². The molecule has 0 spiro atoms. The summed E-state index contributed by atoms with van der Waals surface area (Å²) >= 11 is 0. The van der Waals surface area contributed by atoms with Gasteiger partial charge in [-0.05, 0) is 33.6 Å². The van der Waals surface area contributed by atoms with E-state index in [2.05, 4.69) is 5.10 Å². The molecule has 1 aromatic heterocycles. The number of carboxylic acid groups (broad SMARTS) is 1. The molecule has 110 valence electrons. The summed E-state index contributed by atoms with van der Waals surface area (Å²) in [6.45, 7) is 7.05. The van der Waals surface area contributed by atoms with Crippen molar-refractivity contribution >= 4 is 11.9 Å². The number of aliphatic carboxylic acids is 1. The monoisotopic (exact) mass is 279 g/mol. The van der Waals surface area contributed by atoms with Crippen LogP contribution in [0.25, 0.3) is 0 Å². The lowest BCUT2D eigenvalue weighted by molar-refractivity contribution is -0.137. The van der Waals surface area contributed by atoms with Crippen LogP contribution in [0.2, 0.25) is 0 Å². The van der Waals surface area contributed by atoms with Gasteiger partial charge in [0.1, 0.15) is 0 Å². The summed E-state index contributed by atoms with van der Waals surface area (Å²) in [5, 5.41) is 13.3. The van der Waals surface area contributed by atoms with Crippen molar-refractivity contribution in [2.24, 2.45) is 0 Å². The van der Waals surface area contributed by atoms with Crippen LogP contribution in [0, 0.1) is 13.8 Å². The van der Waals surface area contributed by atoms with E-state index < -0.39 is 5.97 Å². The molecule has 0 radical (unpaired) electrons. The first-order valence-corrected chi connectivity index (χ1v) is 7.02. The third kappa shape index (κ3) is 2.55. The van der Waals surface area contributed by atoms with Crippen LogP contribution in [0.5, 0.6) is 0 Å². The van der Waals surface area contributed by atoms with Crippen LogP contribution in [0.1, 0.15) is 47.9 Å². The van der Waals surface area contributed by atoms with Gasteiger partial charge in [0.05, 0.1) is 17.7 Å². The molecule has 6 heteroatoms. The van der Waals surface area contributed by atoms with E-state index in [0.29, 0.717) is 12.1 Å². The van der Waals surface area contributed by atoms with Gasteiger partial charge in [0.2, 0.25) is 0 Å². The minimum absolute atomic E-state index is 0.0196. The average molecular weight is 279 g/mol. The number of aromatic nitrogens is 2. The van der Waals surface area contributed by atoms with E-state index in [9.17, 15) is 9.59 Å². The fraction of sp³-hybridized carbons (Fsp3) is 0.643. The number of hydrogen-bond donors (Lipinski definition) is 1. The Morgan fingerprint density at radius 1 is 1.40 bits per heavy atom. The van der Waals surface area contributed by atoms with E-state index in [-0.39, 0.29) is 18.4 Å². The van der Waals surface area contributed by atoms with Crippen molar-refractivity contribution in [3.05, 3.63) is 17.0 Å². The highest BCUT2D eigenvalue weighted by Crippen LogP contribution is 2.25. The Labute approximate surface area is 118 Å². The van der Waals surface area contributed by atoms with E-state index in [1.54, 1.807) is 4.90 Å². The zero-order valence-corrected chi connectivity index (χ0v) is 12.2. The van der Waals surface area contributed by atoms with Gasteiger partial charge in [0.25, 0.3) is 5.91 Å². The summed E-state index contributed by atoms with van der Waals surface area (Å²) in [7, 11) is 0. The topological polar surface area (TPSA) is 75.4 Å². The van der Waals surface area contributed by atoms with Gasteiger partial charge in [-0.1, -0.05) is 0 Å². The number of nitrogens with zero attached hydrogens (tertiary/aromatic N) is 3. The van der Waals surface area contributed by atoms with Gasteiger partial charge in [-0.2, -0.15) is 5.10 Å². The third-order valence-electron chi connectivity index (χ3n) is 3.94. The molecule has 1 aliphatic heterocycles. The molecular weight excluding hydrogens is 258 g/mol. The Morgan fingerprint density at radius 3 is 2.65 bits per heavy atom. The highest BCUT2D eigenvalue weighted by atomic mass is 16.4. The highest BCUT2D eigenvalue weighted by molar-refractivity contribution is 5.97.